The smallest absolute Gasteiger partial charge is 0.306 e. The molecule has 0 aliphatic rings. The van der Waals surface area contributed by atoms with Crippen molar-refractivity contribution in [2.24, 2.45) is 0 Å². The van der Waals surface area contributed by atoms with Crippen LogP contribution in [0, 0.1) is 0 Å². The van der Waals surface area contributed by atoms with Crippen LogP contribution < -0.4 is 0 Å². The van der Waals surface area contributed by atoms with E-state index in [1.807, 2.05) is 15.9 Å². The van der Waals surface area contributed by atoms with Gasteiger partial charge >= 0.3 is 24.1 Å². The van der Waals surface area contributed by atoms with Crippen molar-refractivity contribution in [3.05, 3.63) is 0 Å². The molecule has 0 amide bonds. The molecule has 16 heavy (non-hydrogen) atoms. The number of rotatable bonds is 3. The van der Waals surface area contributed by atoms with Crippen molar-refractivity contribution < 1.29 is 44.3 Å². The fourth-order valence-corrected chi connectivity index (χ4v) is 0.946. The quantitative estimate of drug-likeness (QED) is 0.566. The maximum absolute atomic E-state index is 12.6. The Morgan fingerprint density at radius 2 is 1.06 bits per heavy atom. The van der Waals surface area contributed by atoms with Crippen LogP contribution >= 0.6 is 15.9 Å². The molecule has 0 atom stereocenters. The van der Waals surface area contributed by atoms with Crippen molar-refractivity contribution in [2.75, 3.05) is 5.52 Å². The summed E-state index contributed by atoms with van der Waals surface area (Å²) in [6.07, 6.45) is -19.8. The minimum atomic E-state index is -6.86. The molecule has 98 valence electrons. The number of ether oxygens (including phenoxy) is 1. The average Bonchev–Trinajstić information content (AvgIpc) is 1.98. The number of alkyl halides is 10. The number of hydrogen-bond donors (Lipinski definition) is 0. The Morgan fingerprint density at radius 3 is 1.25 bits per heavy atom. The molecule has 0 unspecified atom stereocenters. The average molecular weight is 329 g/mol. The topological polar surface area (TPSA) is 9.23 Å². The lowest BCUT2D eigenvalue weighted by Crippen LogP contribution is -2.65. The zero-order valence-electron chi connectivity index (χ0n) is 6.89. The molecule has 0 spiro atoms. The minimum Gasteiger partial charge on any atom is -0.306 e. The zero-order valence-corrected chi connectivity index (χ0v) is 8.48. The number of hydrogen-bond acceptors (Lipinski definition) is 1. The molecule has 0 fully saturated rings. The Labute approximate surface area is 90.7 Å². The summed E-state index contributed by atoms with van der Waals surface area (Å²) in [5.41, 5.74) is -8.17. The Morgan fingerprint density at radius 1 is 0.750 bits per heavy atom. The van der Waals surface area contributed by atoms with Gasteiger partial charge in [0.05, 0.1) is 0 Å². The van der Waals surface area contributed by atoms with E-state index in [0.29, 0.717) is 0 Å². The molecular weight excluding hydrogens is 327 g/mol. The van der Waals surface area contributed by atoms with Crippen LogP contribution in [0.25, 0.3) is 0 Å². The molecule has 0 saturated carbocycles. The van der Waals surface area contributed by atoms with Crippen LogP contribution in [0.3, 0.4) is 0 Å². The largest absolute Gasteiger partial charge is 0.440 e. The van der Waals surface area contributed by atoms with Crippen molar-refractivity contribution >= 4 is 15.9 Å². The highest BCUT2D eigenvalue weighted by Crippen LogP contribution is 2.54. The van der Waals surface area contributed by atoms with Crippen LogP contribution in [0.1, 0.15) is 0 Å². The molecule has 0 radical (unpaired) electrons. The molecule has 0 aromatic heterocycles. The van der Waals surface area contributed by atoms with Gasteiger partial charge in [-0.15, -0.1) is 0 Å². The van der Waals surface area contributed by atoms with Gasteiger partial charge in [0.25, 0.3) is 0 Å². The monoisotopic (exact) mass is 328 g/mol. The van der Waals surface area contributed by atoms with E-state index in [2.05, 4.69) is 4.74 Å². The van der Waals surface area contributed by atoms with E-state index in [1.54, 1.807) is 0 Å². The van der Waals surface area contributed by atoms with Crippen LogP contribution in [0.5, 0.6) is 0 Å². The van der Waals surface area contributed by atoms with Gasteiger partial charge in [0.15, 0.2) is 0 Å². The summed E-state index contributed by atoms with van der Waals surface area (Å²) in [6, 6.07) is 0. The lowest BCUT2D eigenvalue weighted by Gasteiger charge is -2.34. The second-order valence-electron chi connectivity index (χ2n) is 2.42. The third-order valence-electron chi connectivity index (χ3n) is 1.42. The Kier molecular flexibility index (Phi) is 4.19. The van der Waals surface area contributed by atoms with Crippen LogP contribution in [0.2, 0.25) is 0 Å². The van der Waals surface area contributed by atoms with E-state index >= 15 is 0 Å². The van der Waals surface area contributed by atoms with Crippen molar-refractivity contribution in [1.82, 2.24) is 0 Å². The summed E-state index contributed by atoms with van der Waals surface area (Å²) in [5.74, 6) is 0. The highest BCUT2D eigenvalue weighted by molar-refractivity contribution is 9.09. The SMILES string of the molecule is FC(F)(F)C(F)(C(F)(F)F)C(F)(F)OCBr. The minimum absolute atomic E-state index is 1.40. The van der Waals surface area contributed by atoms with Gasteiger partial charge < -0.3 is 4.74 Å². The molecule has 0 rings (SSSR count). The predicted molar refractivity (Wildman–Crippen MR) is 35.8 cm³/mol. The fourth-order valence-electron chi connectivity index (χ4n) is 0.659. The predicted octanol–water partition coefficient (Wildman–Crippen LogP) is 3.78. The first-order valence-corrected chi connectivity index (χ1v) is 4.33. The summed E-state index contributed by atoms with van der Waals surface area (Å²) >= 11 is 2.01. The van der Waals surface area contributed by atoms with Gasteiger partial charge in [-0.2, -0.15) is 35.1 Å². The summed E-state index contributed by atoms with van der Waals surface area (Å²) in [7, 11) is 0. The molecule has 0 aromatic rings. The van der Waals surface area contributed by atoms with Gasteiger partial charge in [0, 0.05) is 0 Å². The molecule has 0 bridgehead atoms. The molecule has 0 aliphatic heterocycles. The summed E-state index contributed by atoms with van der Waals surface area (Å²) in [4.78, 5) is 0. The highest BCUT2D eigenvalue weighted by Gasteiger charge is 2.85. The van der Waals surface area contributed by atoms with Crippen molar-refractivity contribution in [1.29, 1.82) is 0 Å². The van der Waals surface area contributed by atoms with E-state index in [0.717, 1.165) is 0 Å². The first-order chi connectivity index (χ1) is 6.81. The van der Waals surface area contributed by atoms with E-state index < -0.39 is 29.6 Å². The molecule has 11 heteroatoms. The normalized spacial score (nSPS) is 15.4. The van der Waals surface area contributed by atoms with Gasteiger partial charge in [-0.1, -0.05) is 15.9 Å². The molecule has 0 aromatic carbocycles. The summed E-state index contributed by atoms with van der Waals surface area (Å²) < 4.78 is 111. The maximum Gasteiger partial charge on any atom is 0.440 e. The second-order valence-corrected chi connectivity index (χ2v) is 2.88. The molecule has 0 heterocycles. The lowest BCUT2D eigenvalue weighted by atomic mass is 10.0. The van der Waals surface area contributed by atoms with Gasteiger partial charge in [-0.25, -0.2) is 4.39 Å². The second kappa shape index (κ2) is 4.24. The maximum atomic E-state index is 12.6. The van der Waals surface area contributed by atoms with Crippen LogP contribution in [0.4, 0.5) is 39.5 Å². The number of halogens is 10. The van der Waals surface area contributed by atoms with Crippen LogP contribution in [0.15, 0.2) is 0 Å². The van der Waals surface area contributed by atoms with Crippen LogP contribution in [-0.4, -0.2) is 29.6 Å². The van der Waals surface area contributed by atoms with Gasteiger partial charge in [0.1, 0.15) is 5.52 Å². The first-order valence-electron chi connectivity index (χ1n) is 3.21. The molecule has 0 N–H and O–H groups in total. The summed E-state index contributed by atoms with van der Waals surface area (Å²) in [6.45, 7) is 0. The van der Waals surface area contributed by atoms with E-state index in [4.69, 9.17) is 0 Å². The highest BCUT2D eigenvalue weighted by atomic mass is 79.9. The Hall–Kier alpha value is -0.190. The van der Waals surface area contributed by atoms with Crippen molar-refractivity contribution in [3.8, 4) is 0 Å². The first kappa shape index (κ1) is 15.8. The van der Waals surface area contributed by atoms with Gasteiger partial charge in [-0.3, -0.25) is 0 Å². The molecule has 0 aliphatic carbocycles. The standard InChI is InChI=1S/C5H2BrF9O/c6-1-16-5(14,15)2(7,3(8,9)10)4(11,12)13/h1H2. The van der Waals surface area contributed by atoms with Crippen molar-refractivity contribution in [2.45, 2.75) is 24.1 Å². The Balaban J connectivity index is 5.61. The fraction of sp³-hybridized carbons (Fsp3) is 1.00. The van der Waals surface area contributed by atoms with Crippen molar-refractivity contribution in [3.63, 3.8) is 0 Å². The zero-order chi connectivity index (χ0) is 13.4. The van der Waals surface area contributed by atoms with Gasteiger partial charge in [-0.05, 0) is 0 Å². The third kappa shape index (κ3) is 2.39. The van der Waals surface area contributed by atoms with Gasteiger partial charge in [0.2, 0.25) is 0 Å². The molecule has 1 nitrogen and oxygen atoms in total. The Bertz CT molecular complexity index is 229. The van der Waals surface area contributed by atoms with E-state index in [-0.39, 0.29) is 0 Å². The van der Waals surface area contributed by atoms with E-state index in [9.17, 15) is 39.5 Å². The molecular formula is C5H2BrF9O. The molecule has 0 saturated heterocycles. The lowest BCUT2D eigenvalue weighted by molar-refractivity contribution is -0.446. The third-order valence-corrected chi connectivity index (χ3v) is 1.65. The summed E-state index contributed by atoms with van der Waals surface area (Å²) in [5, 5.41) is 0. The van der Waals surface area contributed by atoms with E-state index in [1.165, 1.54) is 0 Å². The van der Waals surface area contributed by atoms with Crippen LogP contribution in [-0.2, 0) is 4.74 Å².